The van der Waals surface area contributed by atoms with Crippen LogP contribution in [0.1, 0.15) is 12.8 Å². The zero-order valence-corrected chi connectivity index (χ0v) is 12.8. The Bertz CT molecular complexity index is 321. The Morgan fingerprint density at radius 2 is 1.95 bits per heavy atom. The third-order valence-corrected chi connectivity index (χ3v) is 4.72. The largest absolute Gasteiger partial charge is 0.533 e. The Labute approximate surface area is 122 Å². The molecule has 0 spiro atoms. The van der Waals surface area contributed by atoms with Gasteiger partial charge in [-0.05, 0) is 19.9 Å². The second-order valence-corrected chi connectivity index (χ2v) is 6.57. The van der Waals surface area contributed by atoms with Gasteiger partial charge in [-0.3, -0.25) is 0 Å². The highest BCUT2D eigenvalue weighted by atomic mass is 33.1. The van der Waals surface area contributed by atoms with Crippen molar-refractivity contribution in [3.63, 3.8) is 0 Å². The highest BCUT2D eigenvalue weighted by molar-refractivity contribution is 8.76. The average molecular weight is 304 g/mol. The van der Waals surface area contributed by atoms with Crippen molar-refractivity contribution in [2.24, 2.45) is 0 Å². The predicted molar refractivity (Wildman–Crippen MR) is 80.6 cm³/mol. The molecule has 1 saturated heterocycles. The van der Waals surface area contributed by atoms with Crippen LogP contribution in [0.5, 0.6) is 0 Å². The molecule has 1 heterocycles. The molecular weight excluding hydrogens is 284 g/mol. The summed E-state index contributed by atoms with van der Waals surface area (Å²) in [5.41, 5.74) is 1.47. The normalized spacial score (nSPS) is 14.9. The van der Waals surface area contributed by atoms with Gasteiger partial charge in [0, 0.05) is 18.1 Å². The average Bonchev–Trinajstić information content (AvgIpc) is 2.69. The molecule has 108 valence electrons. The van der Waals surface area contributed by atoms with Crippen molar-refractivity contribution in [1.82, 2.24) is 10.4 Å². The van der Waals surface area contributed by atoms with Crippen LogP contribution in [0.2, 0.25) is 0 Å². The molecule has 0 aromatic carbocycles. The van der Waals surface area contributed by atoms with Gasteiger partial charge in [-0.15, -0.1) is 0 Å². The molecule has 0 aromatic heterocycles. The summed E-state index contributed by atoms with van der Waals surface area (Å²) in [6.07, 6.45) is 0.832. The molecule has 5 nitrogen and oxygen atoms in total. The summed E-state index contributed by atoms with van der Waals surface area (Å²) in [6, 6.07) is 0. The molecule has 1 aliphatic rings. The monoisotopic (exact) mass is 304 g/mol. The minimum Gasteiger partial charge on any atom is -0.432 e. The maximum absolute atomic E-state index is 11.4. The SMILES string of the molecule is C=C1CCC(=C)N1OC(=O)OCCSSCCNC. The zero-order chi connectivity index (χ0) is 14.1. The number of nitrogens with zero attached hydrogens (tertiary/aromatic N) is 1. The number of hydrogen-bond acceptors (Lipinski definition) is 7. The standard InChI is InChI=1S/C12H20N2O3S2/c1-10-4-5-11(2)14(10)17-12(15)16-7-9-19-18-8-6-13-3/h13H,1-2,4-9H2,3H3. The number of carbonyl (C=O) groups excluding carboxylic acids is 1. The summed E-state index contributed by atoms with van der Waals surface area (Å²) >= 11 is 0. The van der Waals surface area contributed by atoms with E-state index in [0.717, 1.165) is 42.3 Å². The number of carbonyl (C=O) groups is 1. The topological polar surface area (TPSA) is 50.8 Å². The van der Waals surface area contributed by atoms with Gasteiger partial charge in [0.15, 0.2) is 0 Å². The maximum Gasteiger partial charge on any atom is 0.533 e. The molecule has 1 N–H and O–H groups in total. The first-order valence-corrected chi connectivity index (χ1v) is 8.53. The summed E-state index contributed by atoms with van der Waals surface area (Å²) in [4.78, 5) is 16.5. The van der Waals surface area contributed by atoms with E-state index < -0.39 is 6.16 Å². The Morgan fingerprint density at radius 1 is 1.32 bits per heavy atom. The third kappa shape index (κ3) is 6.26. The van der Waals surface area contributed by atoms with Crippen LogP contribution in [0.25, 0.3) is 0 Å². The van der Waals surface area contributed by atoms with E-state index in [0.29, 0.717) is 6.61 Å². The molecule has 0 saturated carbocycles. The van der Waals surface area contributed by atoms with Crippen molar-refractivity contribution in [2.45, 2.75) is 12.8 Å². The number of hydroxylamine groups is 2. The van der Waals surface area contributed by atoms with Crippen molar-refractivity contribution in [3.05, 3.63) is 24.6 Å². The number of rotatable bonds is 8. The Morgan fingerprint density at radius 3 is 2.58 bits per heavy atom. The molecule has 1 rings (SSSR count). The molecule has 0 atom stereocenters. The Hall–Kier alpha value is -0.790. The summed E-state index contributed by atoms with van der Waals surface area (Å²) in [5.74, 6) is 1.77. The van der Waals surface area contributed by atoms with Gasteiger partial charge >= 0.3 is 6.16 Å². The van der Waals surface area contributed by atoms with E-state index in [1.165, 1.54) is 5.06 Å². The van der Waals surface area contributed by atoms with Crippen LogP contribution in [0.3, 0.4) is 0 Å². The number of ether oxygens (including phenoxy) is 1. The first-order valence-electron chi connectivity index (χ1n) is 6.04. The van der Waals surface area contributed by atoms with Gasteiger partial charge in [-0.2, -0.15) is 5.06 Å². The van der Waals surface area contributed by atoms with Gasteiger partial charge in [-0.1, -0.05) is 34.7 Å². The van der Waals surface area contributed by atoms with E-state index in [-0.39, 0.29) is 0 Å². The van der Waals surface area contributed by atoms with Crippen LogP contribution in [-0.2, 0) is 9.57 Å². The van der Waals surface area contributed by atoms with Crippen LogP contribution in [0.15, 0.2) is 24.6 Å². The van der Waals surface area contributed by atoms with Gasteiger partial charge in [0.2, 0.25) is 0 Å². The van der Waals surface area contributed by atoms with E-state index in [1.807, 2.05) is 7.05 Å². The fraction of sp³-hybridized carbons (Fsp3) is 0.583. The molecule has 7 heteroatoms. The summed E-state index contributed by atoms with van der Waals surface area (Å²) in [5, 5.41) is 4.42. The molecule has 0 aromatic rings. The highest BCUT2D eigenvalue weighted by Crippen LogP contribution is 2.28. The second-order valence-electron chi connectivity index (χ2n) is 3.86. The Balaban J connectivity index is 2.05. The summed E-state index contributed by atoms with van der Waals surface area (Å²) < 4.78 is 4.97. The summed E-state index contributed by atoms with van der Waals surface area (Å²) in [6.45, 7) is 8.90. The lowest BCUT2D eigenvalue weighted by atomic mass is 10.3. The van der Waals surface area contributed by atoms with Crippen LogP contribution in [0.4, 0.5) is 4.79 Å². The lowest BCUT2D eigenvalue weighted by molar-refractivity contribution is -0.0711. The highest BCUT2D eigenvalue weighted by Gasteiger charge is 2.23. The Kier molecular flexibility index (Phi) is 7.85. The van der Waals surface area contributed by atoms with Crippen LogP contribution in [-0.4, -0.2) is 42.9 Å². The van der Waals surface area contributed by atoms with Crippen LogP contribution < -0.4 is 5.32 Å². The minimum atomic E-state index is -0.704. The van der Waals surface area contributed by atoms with Gasteiger partial charge in [0.1, 0.15) is 6.61 Å². The van der Waals surface area contributed by atoms with Gasteiger partial charge in [0.25, 0.3) is 0 Å². The molecule has 19 heavy (non-hydrogen) atoms. The fourth-order valence-corrected chi connectivity index (χ4v) is 3.20. The van der Waals surface area contributed by atoms with E-state index in [4.69, 9.17) is 9.57 Å². The van der Waals surface area contributed by atoms with Crippen molar-refractivity contribution >= 4 is 27.7 Å². The summed E-state index contributed by atoms with van der Waals surface area (Å²) in [7, 11) is 5.34. The molecule has 0 unspecified atom stereocenters. The van der Waals surface area contributed by atoms with E-state index in [2.05, 4.69) is 18.5 Å². The predicted octanol–water partition coefficient (Wildman–Crippen LogP) is 2.78. The third-order valence-electron chi connectivity index (χ3n) is 2.35. The molecule has 0 aliphatic carbocycles. The second kappa shape index (κ2) is 9.17. The van der Waals surface area contributed by atoms with Crippen LogP contribution in [0, 0.1) is 0 Å². The zero-order valence-electron chi connectivity index (χ0n) is 11.1. The van der Waals surface area contributed by atoms with Crippen molar-refractivity contribution < 1.29 is 14.4 Å². The lowest BCUT2D eigenvalue weighted by Gasteiger charge is -2.18. The molecular formula is C12H20N2O3S2. The molecule has 0 amide bonds. The van der Waals surface area contributed by atoms with Gasteiger partial charge in [-0.25, -0.2) is 4.79 Å². The first kappa shape index (κ1) is 16.3. The van der Waals surface area contributed by atoms with E-state index in [1.54, 1.807) is 21.6 Å². The van der Waals surface area contributed by atoms with E-state index in [9.17, 15) is 4.79 Å². The van der Waals surface area contributed by atoms with Crippen molar-refractivity contribution in [2.75, 3.05) is 31.7 Å². The minimum absolute atomic E-state index is 0.336. The first-order chi connectivity index (χ1) is 9.15. The van der Waals surface area contributed by atoms with Crippen LogP contribution >= 0.6 is 21.6 Å². The smallest absolute Gasteiger partial charge is 0.432 e. The molecule has 0 bridgehead atoms. The lowest BCUT2D eigenvalue weighted by Crippen LogP contribution is -2.22. The molecule has 1 aliphatic heterocycles. The maximum atomic E-state index is 11.4. The fourth-order valence-electron chi connectivity index (χ4n) is 1.37. The number of nitrogens with one attached hydrogen (secondary N) is 1. The molecule has 1 fully saturated rings. The van der Waals surface area contributed by atoms with E-state index >= 15 is 0 Å². The van der Waals surface area contributed by atoms with Crippen molar-refractivity contribution in [3.8, 4) is 0 Å². The van der Waals surface area contributed by atoms with Crippen molar-refractivity contribution in [1.29, 1.82) is 0 Å². The number of hydrogen-bond donors (Lipinski definition) is 1. The quantitative estimate of drug-likeness (QED) is 0.420. The van der Waals surface area contributed by atoms with Gasteiger partial charge < -0.3 is 14.9 Å². The molecule has 0 radical (unpaired) electrons. The van der Waals surface area contributed by atoms with Gasteiger partial charge in [0.05, 0.1) is 11.4 Å². The number of allylic oxidation sites excluding steroid dienone is 2.